The molecule has 2 aliphatic carbocycles. The van der Waals surface area contributed by atoms with Crippen LogP contribution in [0.1, 0.15) is 39.0 Å². The van der Waals surface area contributed by atoms with E-state index in [0.29, 0.717) is 18.1 Å². The largest absolute Gasteiger partial charge is 0.396 e. The van der Waals surface area contributed by atoms with Crippen LogP contribution in [0, 0.1) is 11.8 Å². The number of carbonyl (C=O) groups excluding carboxylic acids is 1. The van der Waals surface area contributed by atoms with Gasteiger partial charge in [-0.3, -0.25) is 4.79 Å². The van der Waals surface area contributed by atoms with Gasteiger partial charge in [0.15, 0.2) is 5.78 Å². The molecule has 136 valence electrons. The average Bonchev–Trinajstić information content (AvgIpc) is 2.44. The molecule has 24 heavy (non-hydrogen) atoms. The van der Waals surface area contributed by atoms with E-state index in [1.807, 2.05) is 0 Å². The van der Waals surface area contributed by atoms with Crippen molar-refractivity contribution in [3.8, 4) is 0 Å². The second-order valence-electron chi connectivity index (χ2n) is 9.64. The Labute approximate surface area is 150 Å². The molecule has 2 nitrogen and oxygen atoms in total. The second-order valence-corrected chi connectivity index (χ2v) is 19.7. The first kappa shape index (κ1) is 19.9. The second kappa shape index (κ2) is 7.04. The minimum Gasteiger partial charge on any atom is -0.396 e. The lowest BCUT2D eigenvalue weighted by Crippen LogP contribution is -2.46. The molecule has 0 aromatic heterocycles. The van der Waals surface area contributed by atoms with Crippen molar-refractivity contribution < 1.29 is 9.90 Å². The predicted molar refractivity (Wildman–Crippen MR) is 109 cm³/mol. The first-order chi connectivity index (χ1) is 11.0. The highest BCUT2D eigenvalue weighted by Gasteiger charge is 2.46. The van der Waals surface area contributed by atoms with Gasteiger partial charge in [-0.1, -0.05) is 63.0 Å². The highest BCUT2D eigenvalue weighted by molar-refractivity contribution is 6.85. The van der Waals surface area contributed by atoms with Crippen LogP contribution in [0.3, 0.4) is 0 Å². The van der Waals surface area contributed by atoms with E-state index in [1.54, 1.807) is 0 Å². The third-order valence-electron chi connectivity index (χ3n) is 5.65. The van der Waals surface area contributed by atoms with Crippen LogP contribution in [-0.4, -0.2) is 33.6 Å². The molecule has 0 aromatic rings. The molecule has 2 atom stereocenters. The zero-order valence-corrected chi connectivity index (χ0v) is 18.8. The summed E-state index contributed by atoms with van der Waals surface area (Å²) in [5.74, 6) is 1.03. The van der Waals surface area contributed by atoms with Crippen LogP contribution in [0.4, 0.5) is 0 Å². The number of Topliss-reactive ketones (excluding diaryl/α,β-unsaturated/α-hetero) is 1. The molecule has 2 rings (SSSR count). The molecule has 0 bridgehead atoms. The maximum atomic E-state index is 13.0. The van der Waals surface area contributed by atoms with Crippen LogP contribution in [0.25, 0.3) is 0 Å². The van der Waals surface area contributed by atoms with Gasteiger partial charge >= 0.3 is 0 Å². The van der Waals surface area contributed by atoms with Crippen LogP contribution < -0.4 is 0 Å². The van der Waals surface area contributed by atoms with Gasteiger partial charge in [-0.05, 0) is 30.8 Å². The van der Waals surface area contributed by atoms with Crippen molar-refractivity contribution in [2.75, 3.05) is 6.61 Å². The van der Waals surface area contributed by atoms with Gasteiger partial charge in [0, 0.05) is 24.5 Å². The number of carbonyl (C=O) groups is 1. The zero-order valence-electron chi connectivity index (χ0n) is 16.8. The molecule has 0 aromatic carbocycles. The SMILES string of the molecule is CCC[C@H]1C([Si](C)(C)C)=C2C(=O)CCCC2=C([Si](C)(C)C)[C@H]1CO. The van der Waals surface area contributed by atoms with Crippen molar-refractivity contribution in [1.82, 2.24) is 0 Å². The van der Waals surface area contributed by atoms with Gasteiger partial charge in [-0.25, -0.2) is 0 Å². The summed E-state index contributed by atoms with van der Waals surface area (Å²) in [6.07, 6.45) is 4.97. The van der Waals surface area contributed by atoms with Crippen molar-refractivity contribution in [1.29, 1.82) is 0 Å². The van der Waals surface area contributed by atoms with E-state index in [-0.39, 0.29) is 12.5 Å². The lowest BCUT2D eigenvalue weighted by Gasteiger charge is -2.46. The number of hydrogen-bond acceptors (Lipinski definition) is 2. The number of rotatable bonds is 5. The minimum atomic E-state index is -1.62. The van der Waals surface area contributed by atoms with Crippen LogP contribution in [-0.2, 0) is 4.79 Å². The molecule has 0 heterocycles. The first-order valence-electron chi connectivity index (χ1n) is 9.66. The Hall–Kier alpha value is -0.456. The third kappa shape index (κ3) is 3.56. The van der Waals surface area contributed by atoms with Gasteiger partial charge in [-0.2, -0.15) is 0 Å². The van der Waals surface area contributed by atoms with Crippen LogP contribution in [0.2, 0.25) is 39.3 Å². The van der Waals surface area contributed by atoms with Gasteiger partial charge < -0.3 is 5.11 Å². The number of aliphatic hydroxyl groups excluding tert-OH is 1. The molecule has 0 spiro atoms. The summed E-state index contributed by atoms with van der Waals surface area (Å²) in [5, 5.41) is 13.3. The Morgan fingerprint density at radius 3 is 2.00 bits per heavy atom. The summed E-state index contributed by atoms with van der Waals surface area (Å²) in [5.41, 5.74) is 2.51. The van der Waals surface area contributed by atoms with Crippen molar-refractivity contribution >= 4 is 21.9 Å². The molecule has 0 unspecified atom stereocenters. The highest BCUT2D eigenvalue weighted by Crippen LogP contribution is 2.50. The normalized spacial score (nSPS) is 26.1. The third-order valence-corrected chi connectivity index (χ3v) is 10.2. The summed E-state index contributed by atoms with van der Waals surface area (Å²) in [7, 11) is -3.21. The van der Waals surface area contributed by atoms with Gasteiger partial charge in [0.05, 0.1) is 16.1 Å². The lowest BCUT2D eigenvalue weighted by atomic mass is 9.74. The average molecular weight is 365 g/mol. The van der Waals surface area contributed by atoms with Crippen LogP contribution in [0.5, 0.6) is 0 Å². The van der Waals surface area contributed by atoms with E-state index < -0.39 is 16.1 Å². The molecule has 4 heteroatoms. The fourth-order valence-electron chi connectivity index (χ4n) is 5.05. The molecule has 1 N–H and O–H groups in total. The quantitative estimate of drug-likeness (QED) is 0.687. The highest BCUT2D eigenvalue weighted by atomic mass is 28.3. The van der Waals surface area contributed by atoms with E-state index in [0.717, 1.165) is 31.3 Å². The predicted octanol–water partition coefficient (Wildman–Crippen LogP) is 5.13. The minimum absolute atomic E-state index is 0.239. The summed E-state index contributed by atoms with van der Waals surface area (Å²) >= 11 is 0. The molecule has 0 amide bonds. The Morgan fingerprint density at radius 2 is 1.54 bits per heavy atom. The maximum absolute atomic E-state index is 13.0. The Morgan fingerprint density at radius 1 is 0.958 bits per heavy atom. The number of fused-ring (bicyclic) bond motifs is 1. The summed E-state index contributed by atoms with van der Waals surface area (Å²) < 4.78 is 0. The number of allylic oxidation sites excluding steroid dienone is 3. The molecular formula is C20H36O2Si2. The van der Waals surface area contributed by atoms with Gasteiger partial charge in [-0.15, -0.1) is 0 Å². The van der Waals surface area contributed by atoms with Crippen LogP contribution in [0.15, 0.2) is 21.5 Å². The van der Waals surface area contributed by atoms with Gasteiger partial charge in [0.1, 0.15) is 0 Å². The molecule has 0 aliphatic heterocycles. The summed E-state index contributed by atoms with van der Waals surface area (Å²) in [6.45, 7) is 16.8. The number of hydrogen-bond donors (Lipinski definition) is 1. The summed E-state index contributed by atoms with van der Waals surface area (Å²) in [4.78, 5) is 13.0. The molecule has 0 saturated heterocycles. The van der Waals surface area contributed by atoms with E-state index in [9.17, 15) is 9.90 Å². The van der Waals surface area contributed by atoms with E-state index in [4.69, 9.17) is 0 Å². The Kier molecular flexibility index (Phi) is 5.83. The molecule has 1 saturated carbocycles. The Bertz CT molecular complexity index is 573. The monoisotopic (exact) mass is 364 g/mol. The summed E-state index contributed by atoms with van der Waals surface area (Å²) in [6, 6.07) is 0. The van der Waals surface area contributed by atoms with Crippen molar-refractivity contribution in [3.63, 3.8) is 0 Å². The number of aliphatic hydroxyl groups is 1. The zero-order chi connectivity index (χ0) is 18.3. The standard InChI is InChI=1S/C20H36O2Si2/c1-8-10-14-16(13-21)19(23(2,3)4)15-11-9-12-17(22)18(15)20(14)24(5,6)7/h14,16,21H,8-13H2,1-7H3/t14-,16+/m1/s1. The van der Waals surface area contributed by atoms with Crippen molar-refractivity contribution in [3.05, 3.63) is 21.5 Å². The number of ketones is 1. The van der Waals surface area contributed by atoms with E-state index >= 15 is 0 Å². The smallest absolute Gasteiger partial charge is 0.162 e. The van der Waals surface area contributed by atoms with E-state index in [2.05, 4.69) is 46.2 Å². The van der Waals surface area contributed by atoms with Crippen molar-refractivity contribution in [2.24, 2.45) is 11.8 Å². The van der Waals surface area contributed by atoms with Gasteiger partial charge in [0.2, 0.25) is 0 Å². The molecule has 2 aliphatic rings. The fourth-order valence-corrected chi connectivity index (χ4v) is 10.1. The van der Waals surface area contributed by atoms with E-state index in [1.165, 1.54) is 16.0 Å². The molecule has 1 fully saturated rings. The maximum Gasteiger partial charge on any atom is 0.162 e. The van der Waals surface area contributed by atoms with Gasteiger partial charge in [0.25, 0.3) is 0 Å². The fraction of sp³-hybridized carbons (Fsp3) is 0.750. The first-order valence-corrected chi connectivity index (χ1v) is 16.7. The molecule has 0 radical (unpaired) electrons. The topological polar surface area (TPSA) is 37.3 Å². The Balaban J connectivity index is 2.83. The lowest BCUT2D eigenvalue weighted by molar-refractivity contribution is -0.116. The molecular weight excluding hydrogens is 328 g/mol. The van der Waals surface area contributed by atoms with Crippen LogP contribution >= 0.6 is 0 Å². The van der Waals surface area contributed by atoms with Crippen molar-refractivity contribution in [2.45, 2.75) is 78.3 Å².